The summed E-state index contributed by atoms with van der Waals surface area (Å²) >= 11 is 0. The van der Waals surface area contributed by atoms with Crippen LogP contribution in [0.4, 0.5) is 20.6 Å². The highest BCUT2D eigenvalue weighted by atomic mass is 19.1. The van der Waals surface area contributed by atoms with E-state index in [1.54, 1.807) is 61.0 Å². The molecule has 0 saturated heterocycles. The lowest BCUT2D eigenvalue weighted by Crippen LogP contribution is -2.20. The number of aromatic nitrogens is 2. The summed E-state index contributed by atoms with van der Waals surface area (Å²) < 4.78 is 20.5. The number of hydrogen-bond acceptors (Lipinski definition) is 4. The van der Waals surface area contributed by atoms with Gasteiger partial charge in [0, 0.05) is 11.3 Å². The van der Waals surface area contributed by atoms with E-state index in [2.05, 4.69) is 15.7 Å². The summed E-state index contributed by atoms with van der Waals surface area (Å²) in [6, 6.07) is 12.5. The van der Waals surface area contributed by atoms with E-state index in [-0.39, 0.29) is 12.4 Å². The molecule has 0 unspecified atom stereocenters. The molecule has 3 aromatic rings. The third-order valence-corrected chi connectivity index (χ3v) is 4.55. The summed E-state index contributed by atoms with van der Waals surface area (Å²) in [5, 5.41) is 9.91. The number of nitrogens with one attached hydrogen (secondary N) is 2. The van der Waals surface area contributed by atoms with Gasteiger partial charge in [-0.05, 0) is 51.1 Å². The van der Waals surface area contributed by atoms with Gasteiger partial charge in [-0.2, -0.15) is 5.10 Å². The van der Waals surface area contributed by atoms with Gasteiger partial charge in [0.1, 0.15) is 5.82 Å². The van der Waals surface area contributed by atoms with Crippen LogP contribution in [0.15, 0.2) is 48.5 Å². The predicted molar refractivity (Wildman–Crippen MR) is 112 cm³/mol. The highest BCUT2D eigenvalue weighted by Crippen LogP contribution is 2.21. The largest absolute Gasteiger partial charge is 0.462 e. The summed E-state index contributed by atoms with van der Waals surface area (Å²) in [7, 11) is 0. The first-order valence-corrected chi connectivity index (χ1v) is 9.51. The van der Waals surface area contributed by atoms with Crippen molar-refractivity contribution >= 4 is 23.4 Å². The second kappa shape index (κ2) is 9.21. The molecule has 8 heteroatoms. The summed E-state index contributed by atoms with van der Waals surface area (Å²) in [5.41, 5.74) is 3.34. The second-order valence-corrected chi connectivity index (χ2v) is 6.67. The average molecular weight is 410 g/mol. The van der Waals surface area contributed by atoms with Crippen LogP contribution in [-0.4, -0.2) is 28.4 Å². The van der Waals surface area contributed by atoms with Crippen molar-refractivity contribution in [2.24, 2.45) is 0 Å². The van der Waals surface area contributed by atoms with Crippen molar-refractivity contribution in [3.63, 3.8) is 0 Å². The topological polar surface area (TPSA) is 85.2 Å². The zero-order valence-electron chi connectivity index (χ0n) is 17.0. The fourth-order valence-electron chi connectivity index (χ4n) is 3.00. The van der Waals surface area contributed by atoms with Crippen LogP contribution in [0.1, 0.15) is 34.2 Å². The van der Waals surface area contributed by atoms with Crippen molar-refractivity contribution in [3.05, 3.63) is 76.9 Å². The van der Waals surface area contributed by atoms with Crippen LogP contribution in [0.3, 0.4) is 0 Å². The number of esters is 1. The molecule has 0 aliphatic carbocycles. The molecule has 1 heterocycles. The molecule has 0 bridgehead atoms. The molecule has 0 aliphatic rings. The van der Waals surface area contributed by atoms with Crippen LogP contribution in [-0.2, 0) is 11.3 Å². The minimum Gasteiger partial charge on any atom is -0.462 e. The molecule has 1 aromatic heterocycles. The molecule has 2 aromatic carbocycles. The molecule has 2 amide bonds. The van der Waals surface area contributed by atoms with E-state index in [0.29, 0.717) is 40.5 Å². The maximum absolute atomic E-state index is 13.9. The zero-order valence-corrected chi connectivity index (χ0v) is 17.0. The molecule has 0 saturated carbocycles. The molecule has 0 fully saturated rings. The molecule has 0 radical (unpaired) electrons. The Bertz CT molecular complexity index is 1060. The Morgan fingerprint density at radius 1 is 1.07 bits per heavy atom. The molecule has 0 aliphatic heterocycles. The first-order valence-electron chi connectivity index (χ1n) is 9.51. The molecule has 156 valence electrons. The molecular formula is C22H23FN4O3. The lowest BCUT2D eigenvalue weighted by Gasteiger charge is -2.09. The first kappa shape index (κ1) is 21.0. The highest BCUT2D eigenvalue weighted by Gasteiger charge is 2.16. The summed E-state index contributed by atoms with van der Waals surface area (Å²) in [6.45, 7) is 5.88. The van der Waals surface area contributed by atoms with Crippen LogP contribution >= 0.6 is 0 Å². The molecule has 0 spiro atoms. The van der Waals surface area contributed by atoms with E-state index in [1.165, 1.54) is 6.07 Å². The number of halogens is 1. The Morgan fingerprint density at radius 3 is 2.43 bits per heavy atom. The van der Waals surface area contributed by atoms with Crippen molar-refractivity contribution < 1.29 is 18.7 Å². The number of rotatable bonds is 6. The third kappa shape index (κ3) is 4.83. The Morgan fingerprint density at radius 2 is 1.77 bits per heavy atom. The summed E-state index contributed by atoms with van der Waals surface area (Å²) in [6.07, 6.45) is 0. The number of amides is 2. The smallest absolute Gasteiger partial charge is 0.338 e. The number of carbonyl (C=O) groups is 2. The van der Waals surface area contributed by atoms with E-state index in [1.807, 2.05) is 6.92 Å². The Hall–Kier alpha value is -3.68. The summed E-state index contributed by atoms with van der Waals surface area (Å²) in [4.78, 5) is 24.1. The maximum Gasteiger partial charge on any atom is 0.338 e. The quantitative estimate of drug-likeness (QED) is 0.586. The van der Waals surface area contributed by atoms with Gasteiger partial charge in [-0.15, -0.1) is 0 Å². The van der Waals surface area contributed by atoms with E-state index in [4.69, 9.17) is 4.74 Å². The van der Waals surface area contributed by atoms with Crippen LogP contribution in [0.5, 0.6) is 0 Å². The number of aryl methyl sites for hydroxylation is 1. The minimum absolute atomic E-state index is 0.262. The minimum atomic E-state index is -0.449. The van der Waals surface area contributed by atoms with Crippen molar-refractivity contribution in [1.29, 1.82) is 0 Å². The Balaban J connectivity index is 1.67. The average Bonchev–Trinajstić information content (AvgIpc) is 2.98. The Kier molecular flexibility index (Phi) is 6.46. The van der Waals surface area contributed by atoms with Gasteiger partial charge < -0.3 is 15.4 Å². The first-order chi connectivity index (χ1) is 14.4. The number of anilines is 2. The number of hydrogen-bond donors (Lipinski definition) is 2. The van der Waals surface area contributed by atoms with Gasteiger partial charge in [-0.25, -0.2) is 14.0 Å². The standard InChI is InChI=1S/C22H23FN4O3/c1-4-30-21(28)16-9-11-18(12-10-16)24-22(29)25-20-14(2)26-27(15(20)3)13-17-7-5-6-8-19(17)23/h5-12H,4,13H2,1-3H3,(H2,24,25,29). The molecule has 30 heavy (non-hydrogen) atoms. The van der Waals surface area contributed by atoms with Gasteiger partial charge in [0.25, 0.3) is 0 Å². The number of nitrogens with zero attached hydrogens (tertiary/aromatic N) is 2. The van der Waals surface area contributed by atoms with Crippen LogP contribution in [0.2, 0.25) is 0 Å². The lowest BCUT2D eigenvalue weighted by molar-refractivity contribution is 0.0526. The molecule has 7 nitrogen and oxygen atoms in total. The van der Waals surface area contributed by atoms with Gasteiger partial charge in [-0.3, -0.25) is 4.68 Å². The van der Waals surface area contributed by atoms with E-state index < -0.39 is 12.0 Å². The van der Waals surface area contributed by atoms with Crippen LogP contribution in [0.25, 0.3) is 0 Å². The fraction of sp³-hybridized carbons (Fsp3) is 0.227. The van der Waals surface area contributed by atoms with Gasteiger partial charge in [-0.1, -0.05) is 18.2 Å². The summed E-state index contributed by atoms with van der Waals surface area (Å²) in [5.74, 6) is -0.717. The normalized spacial score (nSPS) is 10.5. The predicted octanol–water partition coefficient (Wildman–Crippen LogP) is 4.51. The van der Waals surface area contributed by atoms with Crippen molar-refractivity contribution in [3.8, 4) is 0 Å². The van der Waals surface area contributed by atoms with Crippen LogP contribution < -0.4 is 10.6 Å². The van der Waals surface area contributed by atoms with Gasteiger partial charge >= 0.3 is 12.0 Å². The second-order valence-electron chi connectivity index (χ2n) is 6.67. The van der Waals surface area contributed by atoms with E-state index >= 15 is 0 Å². The number of urea groups is 1. The van der Waals surface area contributed by atoms with E-state index in [0.717, 1.165) is 0 Å². The maximum atomic E-state index is 13.9. The SMILES string of the molecule is CCOC(=O)c1ccc(NC(=O)Nc2c(C)nn(Cc3ccccc3F)c2C)cc1. The van der Waals surface area contributed by atoms with E-state index in [9.17, 15) is 14.0 Å². The Labute approximate surface area is 173 Å². The third-order valence-electron chi connectivity index (χ3n) is 4.55. The van der Waals surface area contributed by atoms with Crippen molar-refractivity contribution in [1.82, 2.24) is 9.78 Å². The van der Waals surface area contributed by atoms with Gasteiger partial charge in [0.05, 0.1) is 35.8 Å². The number of benzene rings is 2. The molecule has 3 rings (SSSR count). The van der Waals surface area contributed by atoms with Crippen molar-refractivity contribution in [2.75, 3.05) is 17.2 Å². The van der Waals surface area contributed by atoms with Gasteiger partial charge in [0.15, 0.2) is 0 Å². The molecular weight excluding hydrogens is 387 g/mol. The number of ether oxygens (including phenoxy) is 1. The van der Waals surface area contributed by atoms with Crippen molar-refractivity contribution in [2.45, 2.75) is 27.3 Å². The lowest BCUT2D eigenvalue weighted by atomic mass is 10.2. The van der Waals surface area contributed by atoms with Crippen LogP contribution in [0, 0.1) is 19.7 Å². The molecule has 0 atom stereocenters. The fourth-order valence-corrected chi connectivity index (χ4v) is 3.00. The molecule has 2 N–H and O–H groups in total. The van der Waals surface area contributed by atoms with Gasteiger partial charge in [0.2, 0.25) is 0 Å². The monoisotopic (exact) mass is 410 g/mol. The zero-order chi connectivity index (χ0) is 21.7. The highest BCUT2D eigenvalue weighted by molar-refractivity contribution is 6.00. The number of carbonyl (C=O) groups excluding carboxylic acids is 2.